The molecule has 1 aromatic heterocycles. The van der Waals surface area contributed by atoms with Crippen LogP contribution in [-0.2, 0) is 22.6 Å². The Morgan fingerprint density at radius 3 is 2.96 bits per heavy atom. The van der Waals surface area contributed by atoms with Crippen molar-refractivity contribution >= 4 is 11.6 Å². The van der Waals surface area contributed by atoms with Crippen LogP contribution < -0.4 is 15.8 Å². The van der Waals surface area contributed by atoms with E-state index in [0.717, 1.165) is 24.2 Å². The molecule has 1 fully saturated rings. The van der Waals surface area contributed by atoms with Gasteiger partial charge in [0.25, 0.3) is 5.56 Å². The monoisotopic (exact) mass is 370 g/mol. The Bertz CT molecular complexity index is 849. The third-order valence-electron chi connectivity index (χ3n) is 4.84. The Hall–Kier alpha value is -2.67. The molecule has 0 radical (unpaired) electrons. The second kappa shape index (κ2) is 8.81. The van der Waals surface area contributed by atoms with E-state index in [9.17, 15) is 9.59 Å². The molecule has 0 aliphatic carbocycles. The Morgan fingerprint density at radius 2 is 2.22 bits per heavy atom. The third kappa shape index (κ3) is 4.95. The van der Waals surface area contributed by atoms with E-state index in [-0.39, 0.29) is 17.4 Å². The quantitative estimate of drug-likeness (QED) is 0.796. The lowest BCUT2D eigenvalue weighted by Gasteiger charge is -2.18. The van der Waals surface area contributed by atoms with Crippen LogP contribution in [-0.4, -0.2) is 42.5 Å². The normalized spacial score (nSPS) is 16.5. The van der Waals surface area contributed by atoms with Crippen LogP contribution in [0.1, 0.15) is 17.5 Å². The average Bonchev–Trinajstić information content (AvgIpc) is 3.15. The molecule has 1 atom stereocenters. The molecule has 2 aromatic rings. The van der Waals surface area contributed by atoms with Gasteiger partial charge < -0.3 is 15.0 Å². The van der Waals surface area contributed by atoms with E-state index in [1.54, 1.807) is 19.4 Å². The molecule has 1 aliphatic rings. The second-order valence-corrected chi connectivity index (χ2v) is 6.91. The maximum absolute atomic E-state index is 12.5. The topological polar surface area (TPSA) is 76.5 Å². The number of anilines is 1. The summed E-state index contributed by atoms with van der Waals surface area (Å²) in [6.07, 6.45) is 2.45. The predicted octanol–water partition coefficient (Wildman–Crippen LogP) is 1.34. The van der Waals surface area contributed by atoms with Gasteiger partial charge >= 0.3 is 0 Å². The highest BCUT2D eigenvalue weighted by Crippen LogP contribution is 2.22. The van der Waals surface area contributed by atoms with Crippen molar-refractivity contribution in [3.63, 3.8) is 0 Å². The van der Waals surface area contributed by atoms with Gasteiger partial charge in [0.15, 0.2) is 0 Å². The number of aryl methyl sites for hydroxylation is 1. The van der Waals surface area contributed by atoms with E-state index in [1.165, 1.54) is 10.2 Å². The van der Waals surface area contributed by atoms with Gasteiger partial charge in [-0.3, -0.25) is 9.59 Å². The van der Waals surface area contributed by atoms with Gasteiger partial charge in [0, 0.05) is 32.8 Å². The van der Waals surface area contributed by atoms with Gasteiger partial charge in [-0.1, -0.05) is 29.8 Å². The van der Waals surface area contributed by atoms with E-state index >= 15 is 0 Å². The maximum Gasteiger partial charge on any atom is 0.268 e. The summed E-state index contributed by atoms with van der Waals surface area (Å²) in [6, 6.07) is 9.70. The number of nitrogens with one attached hydrogen (secondary N) is 1. The van der Waals surface area contributed by atoms with Crippen LogP contribution in [0.25, 0.3) is 0 Å². The van der Waals surface area contributed by atoms with E-state index in [1.807, 2.05) is 30.0 Å². The number of nitrogens with zero attached hydrogens (tertiary/aromatic N) is 3. The number of ether oxygens (including phenoxy) is 1. The fraction of sp³-hybridized carbons (Fsp3) is 0.450. The predicted molar refractivity (Wildman–Crippen MR) is 104 cm³/mol. The van der Waals surface area contributed by atoms with E-state index in [0.29, 0.717) is 26.2 Å². The van der Waals surface area contributed by atoms with Crippen molar-refractivity contribution in [3.05, 3.63) is 58.0 Å². The fourth-order valence-corrected chi connectivity index (χ4v) is 3.31. The molecule has 1 aliphatic heterocycles. The number of rotatable bonds is 7. The van der Waals surface area contributed by atoms with Crippen molar-refractivity contribution in [3.8, 4) is 0 Å². The minimum absolute atomic E-state index is 0.0559. The van der Waals surface area contributed by atoms with Gasteiger partial charge in [-0.25, -0.2) is 4.68 Å². The van der Waals surface area contributed by atoms with Gasteiger partial charge in [-0.15, -0.1) is 0 Å². The first-order valence-electron chi connectivity index (χ1n) is 9.21. The number of carbonyl (C=O) groups is 1. The van der Waals surface area contributed by atoms with Crippen LogP contribution in [0.15, 0.2) is 41.3 Å². The van der Waals surface area contributed by atoms with Crippen LogP contribution in [0.3, 0.4) is 0 Å². The SMILES string of the molecule is COCCn1ncc(N2CCC(C(=O)NCc3cccc(C)c3)C2)cc1=O. The van der Waals surface area contributed by atoms with Crippen LogP contribution >= 0.6 is 0 Å². The van der Waals surface area contributed by atoms with Gasteiger partial charge in [0.1, 0.15) is 0 Å². The zero-order valence-electron chi connectivity index (χ0n) is 15.9. The largest absolute Gasteiger partial charge is 0.383 e. The molecule has 7 nitrogen and oxygen atoms in total. The first-order valence-corrected chi connectivity index (χ1v) is 9.21. The molecule has 0 spiro atoms. The van der Waals surface area contributed by atoms with Gasteiger partial charge in [-0.05, 0) is 18.9 Å². The summed E-state index contributed by atoms with van der Waals surface area (Å²) in [5.74, 6) is -0.0221. The molecule has 1 aromatic carbocycles. The van der Waals surface area contributed by atoms with Crippen LogP contribution in [0.2, 0.25) is 0 Å². The van der Waals surface area contributed by atoms with Gasteiger partial charge in [0.2, 0.25) is 5.91 Å². The average molecular weight is 370 g/mol. The lowest BCUT2D eigenvalue weighted by atomic mass is 10.1. The molecule has 1 N–H and O–H groups in total. The number of hydrogen-bond donors (Lipinski definition) is 1. The zero-order valence-corrected chi connectivity index (χ0v) is 15.9. The lowest BCUT2D eigenvalue weighted by Crippen LogP contribution is -2.33. The lowest BCUT2D eigenvalue weighted by molar-refractivity contribution is -0.124. The van der Waals surface area contributed by atoms with E-state index in [2.05, 4.69) is 16.5 Å². The summed E-state index contributed by atoms with van der Waals surface area (Å²) < 4.78 is 6.36. The summed E-state index contributed by atoms with van der Waals surface area (Å²) in [4.78, 5) is 26.7. The van der Waals surface area contributed by atoms with E-state index < -0.39 is 0 Å². The molecular formula is C20H26N4O3. The standard InChI is InChI=1S/C20H26N4O3/c1-15-4-3-5-16(10-15)12-21-20(26)17-6-7-23(14-17)18-11-19(25)24(22-13-18)8-9-27-2/h3-5,10-11,13,17H,6-9,12,14H2,1-2H3,(H,21,26). The number of benzene rings is 1. The summed E-state index contributed by atoms with van der Waals surface area (Å²) in [5, 5.41) is 7.22. The van der Waals surface area contributed by atoms with Crippen LogP contribution in [0.5, 0.6) is 0 Å². The van der Waals surface area contributed by atoms with Crippen molar-refractivity contribution in [1.82, 2.24) is 15.1 Å². The molecule has 27 heavy (non-hydrogen) atoms. The Morgan fingerprint density at radius 1 is 1.37 bits per heavy atom. The first-order chi connectivity index (χ1) is 13.1. The highest BCUT2D eigenvalue weighted by molar-refractivity contribution is 5.80. The molecule has 0 bridgehead atoms. The molecule has 1 unspecified atom stereocenters. The Kier molecular flexibility index (Phi) is 6.24. The van der Waals surface area contributed by atoms with Gasteiger partial charge in [0.05, 0.1) is 31.0 Å². The van der Waals surface area contributed by atoms with Crippen molar-refractivity contribution in [2.24, 2.45) is 5.92 Å². The van der Waals surface area contributed by atoms with Crippen molar-refractivity contribution < 1.29 is 9.53 Å². The van der Waals surface area contributed by atoms with Gasteiger partial charge in [-0.2, -0.15) is 5.10 Å². The minimum Gasteiger partial charge on any atom is -0.383 e. The summed E-state index contributed by atoms with van der Waals surface area (Å²) >= 11 is 0. The number of carbonyl (C=O) groups excluding carboxylic acids is 1. The molecule has 1 saturated heterocycles. The molecule has 0 saturated carbocycles. The molecule has 1 amide bonds. The molecular weight excluding hydrogens is 344 g/mol. The summed E-state index contributed by atoms with van der Waals surface area (Å²) in [7, 11) is 1.59. The number of aromatic nitrogens is 2. The summed E-state index contributed by atoms with van der Waals surface area (Å²) in [5.41, 5.74) is 2.89. The molecule has 3 rings (SSSR count). The fourth-order valence-electron chi connectivity index (χ4n) is 3.31. The summed E-state index contributed by atoms with van der Waals surface area (Å²) in [6.45, 7) is 4.79. The maximum atomic E-state index is 12.5. The minimum atomic E-state index is -0.156. The first kappa shape index (κ1) is 19.1. The number of methoxy groups -OCH3 is 1. The van der Waals surface area contributed by atoms with Crippen molar-refractivity contribution in [2.75, 3.05) is 31.7 Å². The van der Waals surface area contributed by atoms with Crippen molar-refractivity contribution in [1.29, 1.82) is 0 Å². The highest BCUT2D eigenvalue weighted by Gasteiger charge is 2.28. The van der Waals surface area contributed by atoms with E-state index in [4.69, 9.17) is 4.74 Å². The number of hydrogen-bond acceptors (Lipinski definition) is 5. The molecule has 7 heteroatoms. The highest BCUT2D eigenvalue weighted by atomic mass is 16.5. The Balaban J connectivity index is 1.55. The zero-order chi connectivity index (χ0) is 19.2. The molecule has 2 heterocycles. The third-order valence-corrected chi connectivity index (χ3v) is 4.84. The van der Waals surface area contributed by atoms with Crippen molar-refractivity contribution in [2.45, 2.75) is 26.4 Å². The van der Waals surface area contributed by atoms with Crippen LogP contribution in [0.4, 0.5) is 5.69 Å². The second-order valence-electron chi connectivity index (χ2n) is 6.91. The smallest absolute Gasteiger partial charge is 0.268 e. The molecule has 144 valence electrons. The van der Waals surface area contributed by atoms with Crippen LogP contribution in [0, 0.1) is 12.8 Å². The Labute approximate surface area is 158 Å². The number of amides is 1.